The van der Waals surface area contributed by atoms with E-state index in [2.05, 4.69) is 29.1 Å². The Morgan fingerprint density at radius 3 is 2.93 bits per heavy atom. The zero-order chi connectivity index (χ0) is 19.7. The van der Waals surface area contributed by atoms with Crippen molar-refractivity contribution in [1.82, 2.24) is 14.7 Å². The summed E-state index contributed by atoms with van der Waals surface area (Å²) in [5.41, 5.74) is 1.78. The van der Waals surface area contributed by atoms with Gasteiger partial charge in [-0.2, -0.15) is 5.10 Å². The minimum absolute atomic E-state index is 0.0980. The van der Waals surface area contributed by atoms with E-state index in [4.69, 9.17) is 4.74 Å². The van der Waals surface area contributed by atoms with Crippen LogP contribution in [0.1, 0.15) is 19.4 Å². The van der Waals surface area contributed by atoms with Crippen LogP contribution < -0.4 is 0 Å². The number of hydrogen-bond donors (Lipinski definition) is 0. The molecule has 2 heterocycles. The normalized spacial score (nSPS) is 27.0. The first-order valence-electron chi connectivity index (χ1n) is 9.92. The molecule has 0 amide bonds. The van der Waals surface area contributed by atoms with Gasteiger partial charge in [0.25, 0.3) is 0 Å². The van der Waals surface area contributed by atoms with E-state index in [9.17, 15) is 9.18 Å². The van der Waals surface area contributed by atoms with E-state index in [0.717, 1.165) is 24.3 Å². The number of carbonyl (C=O) groups is 1. The van der Waals surface area contributed by atoms with Crippen molar-refractivity contribution in [3.05, 3.63) is 60.2 Å². The SMILES string of the molecule is CCOC(=O)[C@H]1[C@@H]2CN(Cc3cc(F)ccc3-n3cccn3)C[C@@H]2C=C[C@@H]1C. The molecule has 1 aromatic heterocycles. The molecular weight excluding hydrogens is 357 g/mol. The van der Waals surface area contributed by atoms with E-state index in [1.54, 1.807) is 23.0 Å². The summed E-state index contributed by atoms with van der Waals surface area (Å²) in [7, 11) is 0. The Morgan fingerprint density at radius 2 is 2.18 bits per heavy atom. The molecule has 1 aliphatic carbocycles. The topological polar surface area (TPSA) is 47.4 Å². The maximum Gasteiger partial charge on any atom is 0.309 e. The molecule has 0 bridgehead atoms. The van der Waals surface area contributed by atoms with E-state index in [-0.39, 0.29) is 29.5 Å². The molecule has 4 rings (SSSR count). The van der Waals surface area contributed by atoms with Gasteiger partial charge in [-0.1, -0.05) is 19.1 Å². The van der Waals surface area contributed by atoms with Crippen LogP contribution in [0, 0.1) is 29.5 Å². The Balaban J connectivity index is 1.55. The summed E-state index contributed by atoms with van der Waals surface area (Å²) in [5.74, 6) is 0.278. The van der Waals surface area contributed by atoms with Gasteiger partial charge in [-0.3, -0.25) is 9.69 Å². The van der Waals surface area contributed by atoms with Gasteiger partial charge in [-0.15, -0.1) is 0 Å². The predicted octanol–water partition coefficient (Wildman–Crippen LogP) is 3.44. The smallest absolute Gasteiger partial charge is 0.309 e. The van der Waals surface area contributed by atoms with Crippen LogP contribution in [0.3, 0.4) is 0 Å². The molecule has 5 nitrogen and oxygen atoms in total. The van der Waals surface area contributed by atoms with Gasteiger partial charge in [-0.25, -0.2) is 9.07 Å². The molecule has 1 fully saturated rings. The van der Waals surface area contributed by atoms with Crippen LogP contribution >= 0.6 is 0 Å². The Morgan fingerprint density at radius 1 is 1.32 bits per heavy atom. The van der Waals surface area contributed by atoms with Crippen LogP contribution in [0.25, 0.3) is 5.69 Å². The highest BCUT2D eigenvalue weighted by Gasteiger charge is 2.44. The van der Waals surface area contributed by atoms with Gasteiger partial charge in [0.05, 0.1) is 18.2 Å². The van der Waals surface area contributed by atoms with Crippen molar-refractivity contribution >= 4 is 5.97 Å². The molecule has 1 aromatic carbocycles. The zero-order valence-corrected chi connectivity index (χ0v) is 16.3. The summed E-state index contributed by atoms with van der Waals surface area (Å²) < 4.78 is 21.1. The molecule has 6 heteroatoms. The van der Waals surface area contributed by atoms with Crippen molar-refractivity contribution < 1.29 is 13.9 Å². The summed E-state index contributed by atoms with van der Waals surface area (Å²) in [6, 6.07) is 6.67. The zero-order valence-electron chi connectivity index (χ0n) is 16.3. The third kappa shape index (κ3) is 3.61. The largest absolute Gasteiger partial charge is 0.466 e. The number of allylic oxidation sites excluding steroid dienone is 1. The highest BCUT2D eigenvalue weighted by atomic mass is 19.1. The van der Waals surface area contributed by atoms with Crippen LogP contribution in [0.4, 0.5) is 4.39 Å². The van der Waals surface area contributed by atoms with Crippen molar-refractivity contribution in [2.24, 2.45) is 23.7 Å². The van der Waals surface area contributed by atoms with Crippen molar-refractivity contribution in [3.8, 4) is 5.69 Å². The van der Waals surface area contributed by atoms with Gasteiger partial charge in [-0.05, 0) is 54.5 Å². The number of aromatic nitrogens is 2. The third-order valence-corrected chi connectivity index (χ3v) is 5.92. The van der Waals surface area contributed by atoms with Gasteiger partial charge < -0.3 is 4.74 Å². The lowest BCUT2D eigenvalue weighted by Gasteiger charge is -2.32. The number of carbonyl (C=O) groups excluding carboxylic acids is 1. The van der Waals surface area contributed by atoms with Crippen LogP contribution in [0.2, 0.25) is 0 Å². The second-order valence-electron chi connectivity index (χ2n) is 7.77. The first kappa shape index (κ1) is 18.9. The van der Waals surface area contributed by atoms with Crippen molar-refractivity contribution in [2.45, 2.75) is 20.4 Å². The number of esters is 1. The summed E-state index contributed by atoms with van der Waals surface area (Å²) >= 11 is 0. The number of ether oxygens (including phenoxy) is 1. The summed E-state index contributed by atoms with van der Waals surface area (Å²) in [5, 5.41) is 4.29. The molecule has 0 unspecified atom stereocenters. The molecule has 2 aliphatic rings. The number of nitrogens with zero attached hydrogens (tertiary/aromatic N) is 3. The fourth-order valence-electron chi connectivity index (χ4n) is 4.67. The fraction of sp³-hybridized carbons (Fsp3) is 0.455. The highest BCUT2D eigenvalue weighted by molar-refractivity contribution is 5.74. The van der Waals surface area contributed by atoms with Crippen LogP contribution in [-0.4, -0.2) is 40.3 Å². The first-order chi connectivity index (χ1) is 13.6. The molecule has 1 aliphatic heterocycles. The molecule has 1 saturated heterocycles. The van der Waals surface area contributed by atoms with E-state index >= 15 is 0 Å². The average molecular weight is 383 g/mol. The van der Waals surface area contributed by atoms with Gasteiger partial charge in [0.1, 0.15) is 5.82 Å². The van der Waals surface area contributed by atoms with Crippen LogP contribution in [0.15, 0.2) is 48.8 Å². The van der Waals surface area contributed by atoms with Crippen LogP contribution in [0.5, 0.6) is 0 Å². The Hall–Kier alpha value is -2.47. The number of hydrogen-bond acceptors (Lipinski definition) is 4. The van der Waals surface area contributed by atoms with Gasteiger partial charge in [0.15, 0.2) is 0 Å². The van der Waals surface area contributed by atoms with Crippen molar-refractivity contribution in [3.63, 3.8) is 0 Å². The molecule has 0 N–H and O–H groups in total. The molecule has 28 heavy (non-hydrogen) atoms. The lowest BCUT2D eigenvalue weighted by Crippen LogP contribution is -2.37. The monoisotopic (exact) mass is 383 g/mol. The Labute approximate surface area is 164 Å². The maximum absolute atomic E-state index is 13.9. The minimum atomic E-state index is -0.250. The Kier molecular flexibility index (Phi) is 5.31. The summed E-state index contributed by atoms with van der Waals surface area (Å²) in [6.07, 6.45) is 7.96. The first-order valence-corrected chi connectivity index (χ1v) is 9.92. The fourth-order valence-corrected chi connectivity index (χ4v) is 4.67. The minimum Gasteiger partial charge on any atom is -0.466 e. The highest BCUT2D eigenvalue weighted by Crippen LogP contribution is 2.40. The number of rotatable bonds is 5. The third-order valence-electron chi connectivity index (χ3n) is 5.92. The standard InChI is InChI=1S/C22H26FN3O2/c1-3-28-22(27)21-15(2)5-6-16-12-25(14-19(16)21)13-17-11-18(23)7-8-20(17)26-10-4-9-24-26/h4-11,15-16,19,21H,3,12-14H2,1-2H3/t15-,16-,19+,21+/m0/s1. The molecule has 0 saturated carbocycles. The number of likely N-dealkylation sites (tertiary alicyclic amines) is 1. The lowest BCUT2D eigenvalue weighted by molar-refractivity contribution is -0.152. The van der Waals surface area contributed by atoms with E-state index in [1.807, 2.05) is 19.2 Å². The number of fused-ring (bicyclic) bond motifs is 1. The van der Waals surface area contributed by atoms with Crippen LogP contribution in [-0.2, 0) is 16.1 Å². The van der Waals surface area contributed by atoms with E-state index in [1.165, 1.54) is 6.07 Å². The summed E-state index contributed by atoms with van der Waals surface area (Å²) in [4.78, 5) is 14.8. The molecule has 4 atom stereocenters. The summed E-state index contributed by atoms with van der Waals surface area (Å²) in [6.45, 7) is 6.62. The van der Waals surface area contributed by atoms with E-state index in [0.29, 0.717) is 19.1 Å². The quantitative estimate of drug-likeness (QED) is 0.586. The van der Waals surface area contributed by atoms with Crippen molar-refractivity contribution in [2.75, 3.05) is 19.7 Å². The maximum atomic E-state index is 13.9. The Bertz CT molecular complexity index is 865. The molecule has 148 valence electrons. The number of benzene rings is 1. The molecule has 0 spiro atoms. The lowest BCUT2D eigenvalue weighted by atomic mass is 9.72. The van der Waals surface area contributed by atoms with E-state index < -0.39 is 0 Å². The molecule has 2 aromatic rings. The van der Waals surface area contributed by atoms with Gasteiger partial charge >= 0.3 is 5.97 Å². The van der Waals surface area contributed by atoms with Gasteiger partial charge in [0, 0.05) is 32.0 Å². The molecular formula is C22H26FN3O2. The van der Waals surface area contributed by atoms with Gasteiger partial charge in [0.2, 0.25) is 0 Å². The second kappa shape index (κ2) is 7.87. The molecule has 0 radical (unpaired) electrons. The van der Waals surface area contributed by atoms with Crippen molar-refractivity contribution in [1.29, 1.82) is 0 Å². The number of halogens is 1. The second-order valence-corrected chi connectivity index (χ2v) is 7.77. The predicted molar refractivity (Wildman–Crippen MR) is 104 cm³/mol. The average Bonchev–Trinajstić information content (AvgIpc) is 3.31.